The van der Waals surface area contributed by atoms with E-state index in [1.54, 1.807) is 35.5 Å². The number of nitriles is 1. The molecule has 0 saturated heterocycles. The molecule has 0 fully saturated rings. The van der Waals surface area contributed by atoms with Crippen LogP contribution >= 0.6 is 0 Å². The van der Waals surface area contributed by atoms with Gasteiger partial charge in [-0.25, -0.2) is 0 Å². The molecule has 0 unspecified atom stereocenters. The maximum absolute atomic E-state index is 12.1. The van der Waals surface area contributed by atoms with Crippen molar-refractivity contribution < 1.29 is 4.79 Å². The van der Waals surface area contributed by atoms with Crippen LogP contribution in [0.3, 0.4) is 0 Å². The number of likely N-dealkylation sites (N-methyl/N-ethyl adjacent to an activating group) is 1. The number of carbonyl (C=O) groups excluding carboxylic acids is 1. The summed E-state index contributed by atoms with van der Waals surface area (Å²) in [5, 5.41) is 11.7. The third-order valence-corrected chi connectivity index (χ3v) is 3.11. The minimum atomic E-state index is -0.129. The van der Waals surface area contributed by atoms with Crippen molar-refractivity contribution in [2.75, 3.05) is 23.8 Å². The molecule has 0 bridgehead atoms. The second-order valence-electron chi connectivity index (χ2n) is 4.76. The molecule has 5 heteroatoms. The van der Waals surface area contributed by atoms with E-state index in [4.69, 9.17) is 5.26 Å². The van der Waals surface area contributed by atoms with Crippen LogP contribution in [0.2, 0.25) is 0 Å². The summed E-state index contributed by atoms with van der Waals surface area (Å²) >= 11 is 0. The van der Waals surface area contributed by atoms with Crippen LogP contribution in [0, 0.1) is 18.3 Å². The molecule has 2 aromatic rings. The second-order valence-corrected chi connectivity index (χ2v) is 4.76. The van der Waals surface area contributed by atoms with Crippen LogP contribution in [0.5, 0.6) is 0 Å². The minimum absolute atomic E-state index is 0.129. The minimum Gasteiger partial charge on any atom is -0.365 e. The van der Waals surface area contributed by atoms with Crippen molar-refractivity contribution in [1.82, 2.24) is 4.98 Å². The Kier molecular flexibility index (Phi) is 4.52. The fourth-order valence-corrected chi connectivity index (χ4v) is 1.90. The van der Waals surface area contributed by atoms with E-state index in [0.717, 1.165) is 11.3 Å². The first-order chi connectivity index (χ1) is 10.1. The summed E-state index contributed by atoms with van der Waals surface area (Å²) in [4.78, 5) is 17.8. The van der Waals surface area contributed by atoms with E-state index in [1.807, 2.05) is 26.1 Å². The number of benzene rings is 1. The normalized spacial score (nSPS) is 9.76. The molecule has 1 N–H and O–H groups in total. The highest BCUT2D eigenvalue weighted by Crippen LogP contribution is 2.15. The van der Waals surface area contributed by atoms with Crippen molar-refractivity contribution in [3.8, 4) is 6.07 Å². The van der Waals surface area contributed by atoms with E-state index < -0.39 is 0 Å². The number of pyridine rings is 1. The second kappa shape index (κ2) is 6.53. The lowest BCUT2D eigenvalue weighted by Gasteiger charge is -2.19. The summed E-state index contributed by atoms with van der Waals surface area (Å²) < 4.78 is 0. The molecule has 21 heavy (non-hydrogen) atoms. The molecule has 0 atom stereocenters. The highest BCUT2D eigenvalue weighted by atomic mass is 16.2. The number of aryl methyl sites for hydroxylation is 1. The summed E-state index contributed by atoms with van der Waals surface area (Å²) in [7, 11) is 1.81. The Hall–Kier alpha value is -2.87. The van der Waals surface area contributed by atoms with Gasteiger partial charge >= 0.3 is 0 Å². The van der Waals surface area contributed by atoms with Crippen molar-refractivity contribution in [3.05, 3.63) is 53.9 Å². The van der Waals surface area contributed by atoms with Gasteiger partial charge in [-0.1, -0.05) is 6.07 Å². The smallest absolute Gasteiger partial charge is 0.243 e. The maximum atomic E-state index is 12.1. The van der Waals surface area contributed by atoms with E-state index >= 15 is 0 Å². The fraction of sp³-hybridized carbons (Fsp3) is 0.188. The number of carbonyl (C=O) groups is 1. The van der Waals surface area contributed by atoms with E-state index in [-0.39, 0.29) is 12.5 Å². The lowest BCUT2D eigenvalue weighted by molar-refractivity contribution is -0.114. The fourth-order valence-electron chi connectivity index (χ4n) is 1.90. The molecule has 1 aromatic carbocycles. The Morgan fingerprint density at radius 3 is 2.95 bits per heavy atom. The third kappa shape index (κ3) is 3.80. The summed E-state index contributed by atoms with van der Waals surface area (Å²) in [5.41, 5.74) is 3.07. The van der Waals surface area contributed by atoms with Gasteiger partial charge in [0.05, 0.1) is 30.1 Å². The van der Waals surface area contributed by atoms with E-state index in [2.05, 4.69) is 16.4 Å². The molecule has 1 amide bonds. The Morgan fingerprint density at radius 1 is 1.43 bits per heavy atom. The molecular weight excluding hydrogens is 264 g/mol. The quantitative estimate of drug-likeness (QED) is 0.933. The van der Waals surface area contributed by atoms with Gasteiger partial charge in [0.2, 0.25) is 5.91 Å². The summed E-state index contributed by atoms with van der Waals surface area (Å²) in [5.74, 6) is -0.129. The van der Waals surface area contributed by atoms with Gasteiger partial charge in [0.25, 0.3) is 0 Å². The SMILES string of the molecule is Cc1ccncc1NC(=O)CN(C)c1cccc(C#N)c1. The number of amides is 1. The molecule has 0 saturated carbocycles. The Balaban J connectivity index is 2.02. The first kappa shape index (κ1) is 14.5. The summed E-state index contributed by atoms with van der Waals surface area (Å²) in [6, 6.07) is 11.1. The first-order valence-corrected chi connectivity index (χ1v) is 6.52. The van der Waals surface area contributed by atoms with Crippen LogP contribution in [0.15, 0.2) is 42.7 Å². The van der Waals surface area contributed by atoms with Crippen molar-refractivity contribution in [2.24, 2.45) is 0 Å². The maximum Gasteiger partial charge on any atom is 0.243 e. The van der Waals surface area contributed by atoms with Crippen LogP contribution in [-0.4, -0.2) is 24.5 Å². The molecule has 0 radical (unpaired) electrons. The predicted molar refractivity (Wildman–Crippen MR) is 82.0 cm³/mol. The topological polar surface area (TPSA) is 69.0 Å². The number of hydrogen-bond acceptors (Lipinski definition) is 4. The van der Waals surface area contributed by atoms with Crippen LogP contribution in [-0.2, 0) is 4.79 Å². The van der Waals surface area contributed by atoms with Crippen LogP contribution < -0.4 is 10.2 Å². The zero-order valence-electron chi connectivity index (χ0n) is 12.0. The number of hydrogen-bond donors (Lipinski definition) is 1. The number of nitrogens with one attached hydrogen (secondary N) is 1. The molecule has 0 aliphatic rings. The van der Waals surface area contributed by atoms with Gasteiger partial charge in [0.15, 0.2) is 0 Å². The standard InChI is InChI=1S/C16H16N4O/c1-12-6-7-18-10-15(12)19-16(21)11-20(2)14-5-3-4-13(8-14)9-17/h3-8,10H,11H2,1-2H3,(H,19,21). The van der Waals surface area contributed by atoms with Crippen molar-refractivity contribution in [1.29, 1.82) is 5.26 Å². The largest absolute Gasteiger partial charge is 0.365 e. The predicted octanol–water partition coefficient (Wildman–Crippen LogP) is 2.34. The monoisotopic (exact) mass is 280 g/mol. The van der Waals surface area contributed by atoms with Crippen LogP contribution in [0.4, 0.5) is 11.4 Å². The van der Waals surface area contributed by atoms with Crippen LogP contribution in [0.1, 0.15) is 11.1 Å². The average Bonchev–Trinajstić information content (AvgIpc) is 2.49. The molecule has 0 spiro atoms. The third-order valence-electron chi connectivity index (χ3n) is 3.11. The van der Waals surface area contributed by atoms with Gasteiger partial charge in [-0.15, -0.1) is 0 Å². The Labute approximate surface area is 123 Å². The van der Waals surface area contributed by atoms with Gasteiger partial charge in [-0.05, 0) is 36.8 Å². The van der Waals surface area contributed by atoms with Crippen LogP contribution in [0.25, 0.3) is 0 Å². The number of rotatable bonds is 4. The van der Waals surface area contributed by atoms with Gasteiger partial charge < -0.3 is 10.2 Å². The summed E-state index contributed by atoms with van der Waals surface area (Å²) in [6.07, 6.45) is 3.31. The Morgan fingerprint density at radius 2 is 2.24 bits per heavy atom. The molecule has 0 aliphatic carbocycles. The van der Waals surface area contributed by atoms with Gasteiger partial charge in [0, 0.05) is 18.9 Å². The molecule has 1 aromatic heterocycles. The lowest BCUT2D eigenvalue weighted by atomic mass is 10.2. The zero-order chi connectivity index (χ0) is 15.2. The number of aromatic nitrogens is 1. The molecule has 2 rings (SSSR count). The lowest BCUT2D eigenvalue weighted by Crippen LogP contribution is -2.30. The van der Waals surface area contributed by atoms with Gasteiger partial charge in [-0.3, -0.25) is 9.78 Å². The van der Waals surface area contributed by atoms with E-state index in [0.29, 0.717) is 11.3 Å². The van der Waals surface area contributed by atoms with E-state index in [9.17, 15) is 4.79 Å². The molecule has 1 heterocycles. The zero-order valence-corrected chi connectivity index (χ0v) is 12.0. The summed E-state index contributed by atoms with van der Waals surface area (Å²) in [6.45, 7) is 2.11. The molecule has 106 valence electrons. The van der Waals surface area contributed by atoms with Gasteiger partial charge in [0.1, 0.15) is 0 Å². The molecular formula is C16H16N4O. The van der Waals surface area contributed by atoms with Crippen molar-refractivity contribution >= 4 is 17.3 Å². The highest BCUT2D eigenvalue weighted by molar-refractivity contribution is 5.94. The first-order valence-electron chi connectivity index (χ1n) is 6.52. The highest BCUT2D eigenvalue weighted by Gasteiger charge is 2.09. The number of anilines is 2. The van der Waals surface area contributed by atoms with Gasteiger partial charge in [-0.2, -0.15) is 5.26 Å². The Bertz CT molecular complexity index is 691. The molecule has 5 nitrogen and oxygen atoms in total. The van der Waals surface area contributed by atoms with Crippen molar-refractivity contribution in [3.63, 3.8) is 0 Å². The molecule has 0 aliphatic heterocycles. The number of nitrogens with zero attached hydrogens (tertiary/aromatic N) is 3. The average molecular weight is 280 g/mol. The van der Waals surface area contributed by atoms with E-state index in [1.165, 1.54) is 0 Å². The van der Waals surface area contributed by atoms with Crippen molar-refractivity contribution in [2.45, 2.75) is 6.92 Å².